The summed E-state index contributed by atoms with van der Waals surface area (Å²) in [5.74, 6) is 0.532. The summed E-state index contributed by atoms with van der Waals surface area (Å²) >= 11 is 0. The Labute approximate surface area is 147 Å². The minimum absolute atomic E-state index is 0.170. The Morgan fingerprint density at radius 2 is 1.92 bits per heavy atom. The fourth-order valence-corrected chi connectivity index (χ4v) is 3.05. The van der Waals surface area contributed by atoms with Crippen LogP contribution in [0.5, 0.6) is 0 Å². The predicted octanol–water partition coefficient (Wildman–Crippen LogP) is 2.57. The van der Waals surface area contributed by atoms with Crippen LogP contribution in [0.3, 0.4) is 0 Å². The molecule has 1 N–H and O–H groups in total. The van der Waals surface area contributed by atoms with Gasteiger partial charge in [-0.2, -0.15) is 19.6 Å². The summed E-state index contributed by atoms with van der Waals surface area (Å²) in [4.78, 5) is 8.40. The highest BCUT2D eigenvalue weighted by atomic mass is 32.2. The Morgan fingerprint density at radius 3 is 2.56 bits per heavy atom. The van der Waals surface area contributed by atoms with Crippen molar-refractivity contribution in [3.05, 3.63) is 47.2 Å². The third kappa shape index (κ3) is 3.48. The zero-order valence-electron chi connectivity index (χ0n) is 14.7. The van der Waals surface area contributed by atoms with Gasteiger partial charge in [-0.25, -0.2) is 8.42 Å². The summed E-state index contributed by atoms with van der Waals surface area (Å²) in [7, 11) is -3.53. The van der Waals surface area contributed by atoms with Crippen LogP contribution in [0.1, 0.15) is 36.5 Å². The fraction of sp³-hybridized carbons (Fsp3) is 0.353. The van der Waals surface area contributed by atoms with E-state index in [1.165, 1.54) is 0 Å². The van der Waals surface area contributed by atoms with E-state index < -0.39 is 9.84 Å². The monoisotopic (exact) mass is 359 g/mol. The van der Waals surface area contributed by atoms with Crippen molar-refractivity contribution < 1.29 is 8.42 Å². The van der Waals surface area contributed by atoms with E-state index in [0.717, 1.165) is 22.9 Å². The molecule has 0 saturated heterocycles. The summed E-state index contributed by atoms with van der Waals surface area (Å²) in [5.41, 5.74) is 3.64. The van der Waals surface area contributed by atoms with Gasteiger partial charge < -0.3 is 5.32 Å². The molecule has 0 amide bonds. The van der Waals surface area contributed by atoms with Crippen LogP contribution < -0.4 is 5.32 Å². The second-order valence-electron chi connectivity index (χ2n) is 6.37. The van der Waals surface area contributed by atoms with E-state index in [1.54, 1.807) is 10.7 Å². The molecule has 0 unspecified atom stereocenters. The maximum atomic E-state index is 12.0. The molecular weight excluding hydrogens is 338 g/mol. The van der Waals surface area contributed by atoms with Gasteiger partial charge in [-0.15, -0.1) is 0 Å². The van der Waals surface area contributed by atoms with Crippen LogP contribution in [-0.4, -0.2) is 34.3 Å². The molecule has 2 heterocycles. The minimum Gasteiger partial charge on any atom is -0.350 e. The molecule has 7 nitrogen and oxygen atoms in total. The molecule has 1 aromatic carbocycles. The van der Waals surface area contributed by atoms with Gasteiger partial charge in [0.05, 0.1) is 6.20 Å². The lowest BCUT2D eigenvalue weighted by atomic mass is 10.1. The SMILES string of the molecule is Cc1ccccc1CNc1nc(S(C)(=O)=O)nc2c(C(C)C)cnn12. The molecule has 3 rings (SSSR count). The van der Waals surface area contributed by atoms with Gasteiger partial charge >= 0.3 is 0 Å². The first kappa shape index (κ1) is 17.3. The molecule has 0 atom stereocenters. The third-order valence-corrected chi connectivity index (χ3v) is 4.87. The highest BCUT2D eigenvalue weighted by Gasteiger charge is 2.19. The van der Waals surface area contributed by atoms with Crippen LogP contribution in [0.15, 0.2) is 35.6 Å². The third-order valence-electron chi connectivity index (χ3n) is 4.03. The molecule has 132 valence electrons. The maximum absolute atomic E-state index is 12.0. The van der Waals surface area contributed by atoms with Crippen LogP contribution in [0, 0.1) is 6.92 Å². The number of fused-ring (bicyclic) bond motifs is 1. The topological polar surface area (TPSA) is 89.2 Å². The Morgan fingerprint density at radius 1 is 1.20 bits per heavy atom. The van der Waals surface area contributed by atoms with Gasteiger partial charge in [-0.05, 0) is 24.0 Å². The number of aryl methyl sites for hydroxylation is 1. The summed E-state index contributed by atoms with van der Waals surface area (Å²) in [6.45, 7) is 6.57. The Bertz CT molecular complexity index is 1020. The Hall–Kier alpha value is -2.48. The van der Waals surface area contributed by atoms with E-state index in [-0.39, 0.29) is 11.1 Å². The van der Waals surface area contributed by atoms with Gasteiger partial charge in [-0.3, -0.25) is 0 Å². The lowest BCUT2D eigenvalue weighted by molar-refractivity contribution is 0.592. The molecule has 0 fully saturated rings. The van der Waals surface area contributed by atoms with Crippen LogP contribution >= 0.6 is 0 Å². The van der Waals surface area contributed by atoms with E-state index in [9.17, 15) is 8.42 Å². The standard InChI is InChI=1S/C17H21N5O2S/c1-11(2)14-10-19-22-15(14)20-17(25(4,23)24)21-16(22)18-9-13-8-6-5-7-12(13)3/h5-8,10-11H,9H2,1-4H3,(H,18,20,21). The van der Waals surface area contributed by atoms with Crippen molar-refractivity contribution in [2.45, 2.75) is 38.4 Å². The normalized spacial score (nSPS) is 12.0. The quantitative estimate of drug-likeness (QED) is 0.753. The van der Waals surface area contributed by atoms with Crippen molar-refractivity contribution >= 4 is 21.4 Å². The highest BCUT2D eigenvalue weighted by molar-refractivity contribution is 7.90. The number of benzene rings is 1. The smallest absolute Gasteiger partial charge is 0.252 e. The van der Waals surface area contributed by atoms with Crippen molar-refractivity contribution in [1.82, 2.24) is 19.6 Å². The zero-order valence-corrected chi connectivity index (χ0v) is 15.5. The number of rotatable bonds is 5. The first-order valence-corrected chi connectivity index (χ1v) is 9.90. The number of anilines is 1. The summed E-state index contributed by atoms with van der Waals surface area (Å²) in [6, 6.07) is 7.98. The Balaban J connectivity index is 2.08. The molecule has 0 aliphatic carbocycles. The van der Waals surface area contributed by atoms with Gasteiger partial charge in [0, 0.05) is 18.4 Å². The molecular formula is C17H21N5O2S. The van der Waals surface area contributed by atoms with Crippen molar-refractivity contribution in [1.29, 1.82) is 0 Å². The largest absolute Gasteiger partial charge is 0.350 e. The van der Waals surface area contributed by atoms with Crippen LogP contribution in [0.2, 0.25) is 0 Å². The molecule has 0 spiro atoms. The number of hydrogen-bond donors (Lipinski definition) is 1. The predicted molar refractivity (Wildman–Crippen MR) is 96.5 cm³/mol. The highest BCUT2D eigenvalue weighted by Crippen LogP contribution is 2.22. The van der Waals surface area contributed by atoms with Crippen LogP contribution in [-0.2, 0) is 16.4 Å². The lowest BCUT2D eigenvalue weighted by Crippen LogP contribution is -2.14. The van der Waals surface area contributed by atoms with E-state index in [4.69, 9.17) is 0 Å². The van der Waals surface area contributed by atoms with Gasteiger partial charge in [0.25, 0.3) is 5.16 Å². The van der Waals surface area contributed by atoms with Gasteiger partial charge in [0.2, 0.25) is 15.8 Å². The average molecular weight is 359 g/mol. The number of sulfone groups is 1. The average Bonchev–Trinajstić information content (AvgIpc) is 2.97. The number of nitrogens with one attached hydrogen (secondary N) is 1. The van der Waals surface area contributed by atoms with E-state index >= 15 is 0 Å². The van der Waals surface area contributed by atoms with Gasteiger partial charge in [0.15, 0.2) is 5.65 Å². The zero-order chi connectivity index (χ0) is 18.2. The van der Waals surface area contributed by atoms with Crippen LogP contribution in [0.25, 0.3) is 5.65 Å². The van der Waals surface area contributed by atoms with Crippen molar-refractivity contribution in [2.75, 3.05) is 11.6 Å². The van der Waals surface area contributed by atoms with Crippen LogP contribution in [0.4, 0.5) is 5.95 Å². The van der Waals surface area contributed by atoms with Crippen molar-refractivity contribution in [3.63, 3.8) is 0 Å². The molecule has 2 aromatic heterocycles. The molecule has 3 aromatic rings. The Kier molecular flexibility index (Phi) is 4.47. The first-order valence-electron chi connectivity index (χ1n) is 8.01. The molecule has 0 bridgehead atoms. The second kappa shape index (κ2) is 6.44. The van der Waals surface area contributed by atoms with Gasteiger partial charge in [0.1, 0.15) is 0 Å². The van der Waals surface area contributed by atoms with E-state index in [0.29, 0.717) is 18.1 Å². The lowest BCUT2D eigenvalue weighted by Gasteiger charge is -2.11. The number of nitrogens with zero attached hydrogens (tertiary/aromatic N) is 4. The molecule has 0 aliphatic rings. The minimum atomic E-state index is -3.53. The number of hydrogen-bond acceptors (Lipinski definition) is 6. The van der Waals surface area contributed by atoms with Crippen molar-refractivity contribution in [3.8, 4) is 0 Å². The van der Waals surface area contributed by atoms with Gasteiger partial charge in [-0.1, -0.05) is 38.1 Å². The summed E-state index contributed by atoms with van der Waals surface area (Å²) < 4.78 is 25.5. The van der Waals surface area contributed by atoms with E-state index in [2.05, 4.69) is 20.4 Å². The van der Waals surface area contributed by atoms with Crippen molar-refractivity contribution in [2.24, 2.45) is 0 Å². The maximum Gasteiger partial charge on any atom is 0.252 e. The fourth-order valence-electron chi connectivity index (χ4n) is 2.55. The molecule has 0 aliphatic heterocycles. The molecule has 8 heteroatoms. The number of aromatic nitrogens is 4. The second-order valence-corrected chi connectivity index (χ2v) is 8.28. The summed E-state index contributed by atoms with van der Waals surface area (Å²) in [5, 5.41) is 7.33. The molecule has 0 saturated carbocycles. The summed E-state index contributed by atoms with van der Waals surface area (Å²) in [6.07, 6.45) is 2.81. The van der Waals surface area contributed by atoms with E-state index in [1.807, 2.05) is 45.0 Å². The molecule has 25 heavy (non-hydrogen) atoms. The molecule has 0 radical (unpaired) electrons. The first-order chi connectivity index (χ1) is 11.8.